The normalized spacial score (nSPS) is 20.1. The highest BCUT2D eigenvalue weighted by atomic mass is 79.9. The predicted molar refractivity (Wildman–Crippen MR) is 65.4 cm³/mol. The number of rotatable bonds is 3. The highest BCUT2D eigenvalue weighted by molar-refractivity contribution is 9.10. The van der Waals surface area contributed by atoms with E-state index in [2.05, 4.69) is 21.2 Å². The molecule has 0 amide bonds. The molecule has 88 valence electrons. The van der Waals surface area contributed by atoms with Crippen LogP contribution in [-0.2, 0) is 6.42 Å². The molecular weight excluding hydrogens is 273 g/mol. The fraction of sp³-hybridized carbons (Fsp3) is 0.500. The Balaban J connectivity index is 2.21. The van der Waals surface area contributed by atoms with E-state index in [1.165, 1.54) is 13.5 Å². The fourth-order valence-electron chi connectivity index (χ4n) is 2.11. The Morgan fingerprint density at radius 1 is 1.56 bits per heavy atom. The average Bonchev–Trinajstić information content (AvgIpc) is 2.75. The molecule has 2 rings (SSSR count). The van der Waals surface area contributed by atoms with E-state index >= 15 is 0 Å². The maximum Gasteiger partial charge on any atom is 0.168 e. The van der Waals surface area contributed by atoms with Crippen molar-refractivity contribution in [3.05, 3.63) is 28.0 Å². The van der Waals surface area contributed by atoms with Crippen LogP contribution in [0.25, 0.3) is 0 Å². The number of methoxy groups -OCH3 is 1. The molecule has 1 heterocycles. The highest BCUT2D eigenvalue weighted by Gasteiger charge is 2.18. The lowest BCUT2D eigenvalue weighted by atomic mass is 10.0. The number of ether oxygens (including phenoxy) is 1. The van der Waals surface area contributed by atoms with Crippen molar-refractivity contribution < 1.29 is 9.13 Å². The molecule has 0 bridgehead atoms. The van der Waals surface area contributed by atoms with E-state index in [0.717, 1.165) is 23.9 Å². The number of nitrogens with one attached hydrogen (secondary N) is 1. The van der Waals surface area contributed by atoms with Gasteiger partial charge in [0.2, 0.25) is 0 Å². The van der Waals surface area contributed by atoms with Crippen molar-refractivity contribution in [1.82, 2.24) is 5.32 Å². The van der Waals surface area contributed by atoms with Gasteiger partial charge in [0.1, 0.15) is 0 Å². The Kier molecular flexibility index (Phi) is 3.82. The minimum Gasteiger partial charge on any atom is -0.494 e. The summed E-state index contributed by atoms with van der Waals surface area (Å²) in [5, 5.41) is 3.37. The van der Waals surface area contributed by atoms with Crippen molar-refractivity contribution in [2.75, 3.05) is 13.7 Å². The lowest BCUT2D eigenvalue weighted by molar-refractivity contribution is 0.382. The Labute approximate surface area is 103 Å². The van der Waals surface area contributed by atoms with Crippen LogP contribution in [0.1, 0.15) is 18.4 Å². The van der Waals surface area contributed by atoms with Gasteiger partial charge in [-0.1, -0.05) is 15.9 Å². The van der Waals surface area contributed by atoms with Gasteiger partial charge < -0.3 is 10.1 Å². The Morgan fingerprint density at radius 2 is 2.38 bits per heavy atom. The molecule has 1 aromatic rings. The summed E-state index contributed by atoms with van der Waals surface area (Å²) in [4.78, 5) is 0. The Morgan fingerprint density at radius 3 is 3.00 bits per heavy atom. The van der Waals surface area contributed by atoms with Gasteiger partial charge in [-0.2, -0.15) is 0 Å². The molecule has 1 aliphatic rings. The molecule has 1 N–H and O–H groups in total. The zero-order valence-corrected chi connectivity index (χ0v) is 10.8. The lowest BCUT2D eigenvalue weighted by Gasteiger charge is -2.13. The third kappa shape index (κ3) is 2.55. The minimum atomic E-state index is -0.237. The predicted octanol–water partition coefficient (Wildman–Crippen LogP) is 2.89. The van der Waals surface area contributed by atoms with Crippen molar-refractivity contribution in [1.29, 1.82) is 0 Å². The summed E-state index contributed by atoms with van der Waals surface area (Å²) >= 11 is 3.37. The van der Waals surface area contributed by atoms with Crippen molar-refractivity contribution in [2.45, 2.75) is 25.3 Å². The second-order valence-electron chi connectivity index (χ2n) is 4.08. The van der Waals surface area contributed by atoms with E-state index in [1.807, 2.05) is 6.07 Å². The highest BCUT2D eigenvalue weighted by Crippen LogP contribution is 2.27. The van der Waals surface area contributed by atoms with Crippen LogP contribution >= 0.6 is 15.9 Å². The van der Waals surface area contributed by atoms with E-state index < -0.39 is 0 Å². The second kappa shape index (κ2) is 5.15. The molecule has 0 aromatic heterocycles. The van der Waals surface area contributed by atoms with E-state index in [0.29, 0.717) is 17.4 Å². The summed E-state index contributed by atoms with van der Waals surface area (Å²) in [6.07, 6.45) is 3.02. The van der Waals surface area contributed by atoms with Crippen LogP contribution in [0, 0.1) is 5.82 Å². The van der Waals surface area contributed by atoms with Crippen LogP contribution in [0.15, 0.2) is 16.6 Å². The molecule has 16 heavy (non-hydrogen) atoms. The van der Waals surface area contributed by atoms with E-state index in [-0.39, 0.29) is 5.82 Å². The largest absolute Gasteiger partial charge is 0.494 e. The van der Waals surface area contributed by atoms with Crippen molar-refractivity contribution in [3.63, 3.8) is 0 Å². The zero-order valence-electron chi connectivity index (χ0n) is 9.22. The minimum absolute atomic E-state index is 0.237. The van der Waals surface area contributed by atoms with Crippen molar-refractivity contribution in [2.24, 2.45) is 0 Å². The number of hydrogen-bond acceptors (Lipinski definition) is 2. The van der Waals surface area contributed by atoms with Gasteiger partial charge in [0.25, 0.3) is 0 Å². The second-order valence-corrected chi connectivity index (χ2v) is 4.99. The molecule has 4 heteroatoms. The third-order valence-electron chi connectivity index (χ3n) is 2.93. The Hall–Kier alpha value is -0.610. The molecule has 1 atom stereocenters. The Bertz CT molecular complexity index is 378. The van der Waals surface area contributed by atoms with Crippen molar-refractivity contribution in [3.8, 4) is 5.75 Å². The molecule has 0 saturated carbocycles. The molecule has 1 aromatic carbocycles. The van der Waals surface area contributed by atoms with Crippen LogP contribution in [0.3, 0.4) is 0 Å². The molecule has 1 saturated heterocycles. The van der Waals surface area contributed by atoms with Gasteiger partial charge in [0.05, 0.1) is 7.11 Å². The van der Waals surface area contributed by atoms with E-state index in [4.69, 9.17) is 4.74 Å². The number of hydrogen-bond donors (Lipinski definition) is 1. The average molecular weight is 288 g/mol. The fourth-order valence-corrected chi connectivity index (χ4v) is 2.60. The SMILES string of the molecule is COc1cc(Br)cc(CC2CCCN2)c1F. The molecule has 0 radical (unpaired) electrons. The van der Waals surface area contributed by atoms with Crippen LogP contribution in [0.4, 0.5) is 4.39 Å². The molecule has 2 nitrogen and oxygen atoms in total. The molecule has 0 spiro atoms. The van der Waals surface area contributed by atoms with Gasteiger partial charge in [-0.15, -0.1) is 0 Å². The number of halogens is 2. The molecule has 1 aliphatic heterocycles. The van der Waals surface area contributed by atoms with Gasteiger partial charge in [-0.05, 0) is 43.5 Å². The smallest absolute Gasteiger partial charge is 0.168 e. The topological polar surface area (TPSA) is 21.3 Å². The standard InChI is InChI=1S/C12H15BrFNO/c1-16-11-7-9(13)5-8(12(11)14)6-10-3-2-4-15-10/h5,7,10,15H,2-4,6H2,1H3. The summed E-state index contributed by atoms with van der Waals surface area (Å²) in [7, 11) is 1.49. The van der Waals surface area contributed by atoms with Crippen LogP contribution in [0.5, 0.6) is 5.75 Å². The summed E-state index contributed by atoms with van der Waals surface area (Å²) < 4.78 is 19.8. The van der Waals surface area contributed by atoms with Crippen LogP contribution in [-0.4, -0.2) is 19.7 Å². The first-order valence-corrected chi connectivity index (χ1v) is 6.25. The quantitative estimate of drug-likeness (QED) is 0.923. The maximum absolute atomic E-state index is 13.9. The first-order valence-electron chi connectivity index (χ1n) is 5.46. The van der Waals surface area contributed by atoms with Gasteiger partial charge in [0.15, 0.2) is 11.6 Å². The third-order valence-corrected chi connectivity index (χ3v) is 3.39. The zero-order chi connectivity index (χ0) is 11.5. The maximum atomic E-state index is 13.9. The summed E-state index contributed by atoms with van der Waals surface area (Å²) in [5.41, 5.74) is 0.714. The van der Waals surface area contributed by atoms with Crippen LogP contribution < -0.4 is 10.1 Å². The van der Waals surface area contributed by atoms with E-state index in [1.54, 1.807) is 6.07 Å². The van der Waals surface area contributed by atoms with Gasteiger partial charge >= 0.3 is 0 Å². The summed E-state index contributed by atoms with van der Waals surface area (Å²) in [6, 6.07) is 3.88. The van der Waals surface area contributed by atoms with Crippen LogP contribution in [0.2, 0.25) is 0 Å². The summed E-state index contributed by atoms with van der Waals surface area (Å²) in [5.74, 6) is 0.0711. The van der Waals surface area contributed by atoms with Gasteiger partial charge in [0, 0.05) is 10.5 Å². The number of benzene rings is 1. The molecule has 1 unspecified atom stereocenters. The lowest BCUT2D eigenvalue weighted by Crippen LogP contribution is -2.24. The molecule has 0 aliphatic carbocycles. The molecular formula is C12H15BrFNO. The first-order chi connectivity index (χ1) is 7.70. The van der Waals surface area contributed by atoms with Crippen molar-refractivity contribution >= 4 is 15.9 Å². The van der Waals surface area contributed by atoms with Gasteiger partial charge in [-0.3, -0.25) is 0 Å². The van der Waals surface area contributed by atoms with Gasteiger partial charge in [-0.25, -0.2) is 4.39 Å². The summed E-state index contributed by atoms with van der Waals surface area (Å²) in [6.45, 7) is 1.04. The monoisotopic (exact) mass is 287 g/mol. The first kappa shape index (κ1) is 11.9. The van der Waals surface area contributed by atoms with E-state index in [9.17, 15) is 4.39 Å². The molecule has 1 fully saturated rings.